The van der Waals surface area contributed by atoms with Crippen LogP contribution in [0.3, 0.4) is 0 Å². The third-order valence-electron chi connectivity index (χ3n) is 1.85. The van der Waals surface area contributed by atoms with Crippen molar-refractivity contribution in [3.05, 3.63) is 33.2 Å². The molecule has 0 spiro atoms. The number of hydrogen-bond acceptors (Lipinski definition) is 4. The number of nitrogens with two attached hydrogens (primary N) is 1. The van der Waals surface area contributed by atoms with Gasteiger partial charge in [0.25, 0.3) is 11.5 Å². The molecule has 0 saturated carbocycles. The molecular weight excluding hydrogens is 202 g/mol. The molecule has 2 aromatic rings. The molecule has 2 aromatic heterocycles. The predicted molar refractivity (Wildman–Crippen MR) is 52.6 cm³/mol. The Morgan fingerprint density at radius 1 is 1.64 bits per heavy atom. The highest BCUT2D eigenvalue weighted by molar-refractivity contribution is 7.17. The van der Waals surface area contributed by atoms with Crippen LogP contribution in [0.4, 0.5) is 0 Å². The van der Waals surface area contributed by atoms with Crippen molar-refractivity contribution in [2.45, 2.75) is 6.92 Å². The minimum Gasteiger partial charge on any atom is -0.364 e. The van der Waals surface area contributed by atoms with E-state index in [0.717, 1.165) is 0 Å². The summed E-state index contributed by atoms with van der Waals surface area (Å²) in [5.74, 6) is -0.608. The van der Waals surface area contributed by atoms with E-state index < -0.39 is 5.91 Å². The van der Waals surface area contributed by atoms with E-state index in [-0.39, 0.29) is 11.3 Å². The SMILES string of the molecule is Cc1sc2nccc(=O)n2c1C(N)=O. The summed E-state index contributed by atoms with van der Waals surface area (Å²) in [5, 5.41) is 0. The Labute approximate surface area is 82.8 Å². The van der Waals surface area contributed by atoms with Gasteiger partial charge in [0.1, 0.15) is 5.69 Å². The Bertz CT molecular complexity index is 569. The topological polar surface area (TPSA) is 77.5 Å². The molecule has 0 saturated heterocycles. The molecule has 0 radical (unpaired) electrons. The van der Waals surface area contributed by atoms with Crippen molar-refractivity contribution in [3.8, 4) is 0 Å². The normalized spacial score (nSPS) is 10.6. The molecule has 72 valence electrons. The van der Waals surface area contributed by atoms with Gasteiger partial charge in [-0.1, -0.05) is 0 Å². The number of rotatable bonds is 1. The number of fused-ring (bicyclic) bond motifs is 1. The third kappa shape index (κ3) is 1.12. The summed E-state index contributed by atoms with van der Waals surface area (Å²) in [6.45, 7) is 1.74. The lowest BCUT2D eigenvalue weighted by molar-refractivity contribution is 0.0994. The first kappa shape index (κ1) is 8.89. The van der Waals surface area contributed by atoms with Gasteiger partial charge in [0.2, 0.25) is 0 Å². The number of primary amides is 1. The van der Waals surface area contributed by atoms with E-state index in [2.05, 4.69) is 4.98 Å². The highest BCUT2D eigenvalue weighted by Gasteiger charge is 2.14. The average Bonchev–Trinajstić information content (AvgIpc) is 2.42. The summed E-state index contributed by atoms with van der Waals surface area (Å²) in [6, 6.07) is 1.30. The van der Waals surface area contributed by atoms with Gasteiger partial charge in [0.05, 0.1) is 0 Å². The van der Waals surface area contributed by atoms with Crippen molar-refractivity contribution in [1.29, 1.82) is 0 Å². The molecule has 2 heterocycles. The fourth-order valence-electron chi connectivity index (χ4n) is 1.30. The summed E-state index contributed by atoms with van der Waals surface area (Å²) < 4.78 is 1.24. The monoisotopic (exact) mass is 209 g/mol. The molecule has 0 bridgehead atoms. The predicted octanol–water partition coefficient (Wildman–Crippen LogP) is 0.163. The molecule has 2 rings (SSSR count). The zero-order valence-corrected chi connectivity index (χ0v) is 8.17. The average molecular weight is 209 g/mol. The Balaban J connectivity index is 3.01. The van der Waals surface area contributed by atoms with Gasteiger partial charge in [-0.05, 0) is 6.92 Å². The molecule has 2 N–H and O–H groups in total. The smallest absolute Gasteiger partial charge is 0.266 e. The second-order valence-corrected chi connectivity index (χ2v) is 3.95. The fraction of sp³-hybridized carbons (Fsp3) is 0.125. The summed E-state index contributed by atoms with van der Waals surface area (Å²) in [5.41, 5.74) is 5.12. The lowest BCUT2D eigenvalue weighted by atomic mass is 10.3. The molecule has 0 fully saturated rings. The molecule has 1 amide bonds. The van der Waals surface area contributed by atoms with Crippen LogP contribution in [-0.2, 0) is 0 Å². The molecule has 0 unspecified atom stereocenters. The van der Waals surface area contributed by atoms with Crippen LogP contribution in [0.15, 0.2) is 17.1 Å². The molecule has 6 heteroatoms. The van der Waals surface area contributed by atoms with E-state index in [9.17, 15) is 9.59 Å². The van der Waals surface area contributed by atoms with Gasteiger partial charge in [-0.3, -0.25) is 9.59 Å². The van der Waals surface area contributed by atoms with Gasteiger partial charge in [-0.2, -0.15) is 0 Å². The number of carbonyl (C=O) groups excluding carboxylic acids is 1. The lowest BCUT2D eigenvalue weighted by Gasteiger charge is -1.95. The van der Waals surface area contributed by atoms with Gasteiger partial charge in [0, 0.05) is 17.1 Å². The van der Waals surface area contributed by atoms with Gasteiger partial charge in [-0.25, -0.2) is 9.38 Å². The summed E-state index contributed by atoms with van der Waals surface area (Å²) in [7, 11) is 0. The minimum atomic E-state index is -0.608. The van der Waals surface area contributed by atoms with Crippen molar-refractivity contribution < 1.29 is 4.79 Å². The molecule has 0 aliphatic heterocycles. The van der Waals surface area contributed by atoms with E-state index >= 15 is 0 Å². The minimum absolute atomic E-state index is 0.225. The molecule has 5 nitrogen and oxygen atoms in total. The summed E-state index contributed by atoms with van der Waals surface area (Å²) >= 11 is 1.27. The number of amides is 1. The maximum atomic E-state index is 11.4. The maximum Gasteiger partial charge on any atom is 0.266 e. The zero-order chi connectivity index (χ0) is 10.3. The molecule has 0 aliphatic rings. The first-order valence-corrected chi connectivity index (χ1v) is 4.70. The second-order valence-electron chi connectivity index (χ2n) is 2.77. The van der Waals surface area contributed by atoms with Crippen LogP contribution in [0.25, 0.3) is 4.96 Å². The lowest BCUT2D eigenvalue weighted by Crippen LogP contribution is -2.22. The Morgan fingerprint density at radius 3 is 3.00 bits per heavy atom. The van der Waals surface area contributed by atoms with Crippen molar-refractivity contribution in [2.75, 3.05) is 0 Å². The van der Waals surface area contributed by atoms with E-state index in [1.165, 1.54) is 28.0 Å². The zero-order valence-electron chi connectivity index (χ0n) is 7.35. The molecule has 0 atom stereocenters. The summed E-state index contributed by atoms with van der Waals surface area (Å²) in [4.78, 5) is 27.7. The first-order chi connectivity index (χ1) is 6.61. The van der Waals surface area contributed by atoms with E-state index in [1.54, 1.807) is 6.92 Å². The Hall–Kier alpha value is -1.69. The molecule has 0 aromatic carbocycles. The Morgan fingerprint density at radius 2 is 2.36 bits per heavy atom. The van der Waals surface area contributed by atoms with Crippen molar-refractivity contribution in [1.82, 2.24) is 9.38 Å². The van der Waals surface area contributed by atoms with Crippen molar-refractivity contribution >= 4 is 22.2 Å². The van der Waals surface area contributed by atoms with Crippen LogP contribution in [0.2, 0.25) is 0 Å². The highest BCUT2D eigenvalue weighted by Crippen LogP contribution is 2.18. The third-order valence-corrected chi connectivity index (χ3v) is 2.82. The van der Waals surface area contributed by atoms with Crippen molar-refractivity contribution in [2.24, 2.45) is 5.73 Å². The van der Waals surface area contributed by atoms with Crippen LogP contribution >= 0.6 is 11.3 Å². The number of hydrogen-bond donors (Lipinski definition) is 1. The molecular formula is C8H7N3O2S. The summed E-state index contributed by atoms with van der Waals surface area (Å²) in [6.07, 6.45) is 1.42. The van der Waals surface area contributed by atoms with Crippen LogP contribution < -0.4 is 11.3 Å². The van der Waals surface area contributed by atoms with Crippen LogP contribution in [-0.4, -0.2) is 15.3 Å². The Kier molecular flexibility index (Phi) is 1.85. The standard InChI is InChI=1S/C8H7N3O2S/c1-4-6(7(9)13)11-5(12)2-3-10-8(11)14-4/h2-3H,1H3,(H2,9,13). The van der Waals surface area contributed by atoms with Crippen LogP contribution in [0, 0.1) is 6.92 Å². The van der Waals surface area contributed by atoms with Gasteiger partial charge in [0.15, 0.2) is 4.96 Å². The quantitative estimate of drug-likeness (QED) is 0.726. The number of carbonyl (C=O) groups is 1. The van der Waals surface area contributed by atoms with E-state index in [4.69, 9.17) is 5.73 Å². The van der Waals surface area contributed by atoms with E-state index in [1.807, 2.05) is 0 Å². The van der Waals surface area contributed by atoms with Crippen LogP contribution in [0.5, 0.6) is 0 Å². The van der Waals surface area contributed by atoms with Crippen LogP contribution in [0.1, 0.15) is 15.4 Å². The number of aryl methyl sites for hydroxylation is 1. The molecule has 14 heavy (non-hydrogen) atoms. The number of thiazole rings is 1. The maximum absolute atomic E-state index is 11.4. The largest absolute Gasteiger partial charge is 0.364 e. The van der Waals surface area contributed by atoms with Crippen molar-refractivity contribution in [3.63, 3.8) is 0 Å². The van der Waals surface area contributed by atoms with Gasteiger partial charge >= 0.3 is 0 Å². The van der Waals surface area contributed by atoms with E-state index in [0.29, 0.717) is 9.84 Å². The second kappa shape index (κ2) is 2.91. The molecule has 0 aliphatic carbocycles. The van der Waals surface area contributed by atoms with Gasteiger partial charge < -0.3 is 5.73 Å². The number of nitrogens with zero attached hydrogens (tertiary/aromatic N) is 2. The first-order valence-electron chi connectivity index (χ1n) is 3.88. The fourth-order valence-corrected chi connectivity index (χ4v) is 2.24. The van der Waals surface area contributed by atoms with Gasteiger partial charge in [-0.15, -0.1) is 11.3 Å². The highest BCUT2D eigenvalue weighted by atomic mass is 32.1. The number of aromatic nitrogens is 2.